The molecule has 0 aliphatic heterocycles. The quantitative estimate of drug-likeness (QED) is 0.731. The molecular formula is C17H23N3O3. The molecule has 0 bridgehead atoms. The van der Waals surface area contributed by atoms with Crippen molar-refractivity contribution < 1.29 is 14.3 Å². The van der Waals surface area contributed by atoms with Crippen molar-refractivity contribution in [2.45, 2.75) is 38.8 Å². The van der Waals surface area contributed by atoms with Gasteiger partial charge in [0.2, 0.25) is 0 Å². The molecule has 0 saturated heterocycles. The van der Waals surface area contributed by atoms with E-state index in [1.807, 2.05) is 30.3 Å². The van der Waals surface area contributed by atoms with Gasteiger partial charge >= 0.3 is 6.03 Å². The number of oxazole rings is 1. The number of nitrogens with zero attached hydrogens (tertiary/aromatic N) is 1. The topological polar surface area (TPSA) is 87.4 Å². The molecule has 6 nitrogen and oxygen atoms in total. The molecule has 2 atom stereocenters. The summed E-state index contributed by atoms with van der Waals surface area (Å²) in [7, 11) is 0. The first kappa shape index (κ1) is 17.0. The minimum absolute atomic E-state index is 0.0655. The number of nitrogens with one attached hydrogen (secondary N) is 2. The molecule has 124 valence electrons. The smallest absolute Gasteiger partial charge is 0.315 e. The molecule has 0 aliphatic carbocycles. The SMILES string of the molecule is Cc1ocnc1CNC(=O)NCC(CC(C)O)c1ccccc1. The third-order valence-electron chi connectivity index (χ3n) is 3.67. The number of urea groups is 1. The Balaban J connectivity index is 1.85. The number of aliphatic hydroxyl groups excluding tert-OH is 1. The highest BCUT2D eigenvalue weighted by Gasteiger charge is 2.15. The van der Waals surface area contributed by atoms with Gasteiger partial charge in [-0.05, 0) is 25.8 Å². The molecular weight excluding hydrogens is 294 g/mol. The van der Waals surface area contributed by atoms with Gasteiger partial charge in [-0.2, -0.15) is 0 Å². The standard InChI is InChI=1S/C17H23N3O3/c1-12(21)8-15(14-6-4-3-5-7-14)9-18-17(22)19-10-16-13(2)23-11-20-16/h3-7,11-12,15,21H,8-10H2,1-2H3,(H2,18,19,22). The Hall–Kier alpha value is -2.34. The zero-order valence-corrected chi connectivity index (χ0v) is 13.5. The summed E-state index contributed by atoms with van der Waals surface area (Å²) in [6, 6.07) is 9.61. The molecule has 0 spiro atoms. The molecule has 6 heteroatoms. The zero-order chi connectivity index (χ0) is 16.7. The van der Waals surface area contributed by atoms with Gasteiger partial charge in [-0.25, -0.2) is 9.78 Å². The number of rotatable bonds is 7. The Bertz CT molecular complexity index is 611. The fourth-order valence-electron chi connectivity index (χ4n) is 2.41. The Kier molecular flexibility index (Phi) is 6.17. The number of carbonyl (C=O) groups is 1. The van der Waals surface area contributed by atoms with Crippen LogP contribution in [0.1, 0.15) is 36.3 Å². The number of hydrogen-bond acceptors (Lipinski definition) is 4. The molecule has 0 aliphatic rings. The van der Waals surface area contributed by atoms with Crippen molar-refractivity contribution in [3.63, 3.8) is 0 Å². The van der Waals surface area contributed by atoms with Crippen LogP contribution in [0.4, 0.5) is 4.79 Å². The summed E-state index contributed by atoms with van der Waals surface area (Å²) in [5.41, 5.74) is 1.81. The van der Waals surface area contributed by atoms with E-state index in [0.717, 1.165) is 5.56 Å². The van der Waals surface area contributed by atoms with Gasteiger partial charge in [0, 0.05) is 12.5 Å². The van der Waals surface area contributed by atoms with Crippen LogP contribution in [-0.4, -0.2) is 28.8 Å². The van der Waals surface area contributed by atoms with Gasteiger partial charge in [0.1, 0.15) is 11.5 Å². The van der Waals surface area contributed by atoms with Gasteiger partial charge in [0.05, 0.1) is 12.6 Å². The Labute approximate surface area is 135 Å². The van der Waals surface area contributed by atoms with Gasteiger partial charge < -0.3 is 20.2 Å². The lowest BCUT2D eigenvalue weighted by Gasteiger charge is -2.19. The van der Waals surface area contributed by atoms with Crippen LogP contribution >= 0.6 is 0 Å². The van der Waals surface area contributed by atoms with Crippen LogP contribution < -0.4 is 10.6 Å². The van der Waals surface area contributed by atoms with Crippen LogP contribution in [0.5, 0.6) is 0 Å². The Morgan fingerprint density at radius 1 is 1.30 bits per heavy atom. The number of carbonyl (C=O) groups excluding carboxylic acids is 1. The molecule has 2 rings (SSSR count). The van der Waals surface area contributed by atoms with Crippen LogP contribution in [0.15, 0.2) is 41.1 Å². The van der Waals surface area contributed by atoms with Crippen LogP contribution in [-0.2, 0) is 6.54 Å². The average molecular weight is 317 g/mol. The number of aromatic nitrogens is 1. The second-order valence-electron chi connectivity index (χ2n) is 5.61. The molecule has 2 aromatic rings. The predicted octanol–water partition coefficient (Wildman–Crippen LogP) is 2.34. The molecule has 0 fully saturated rings. The lowest BCUT2D eigenvalue weighted by Crippen LogP contribution is -2.38. The molecule has 1 heterocycles. The summed E-state index contributed by atoms with van der Waals surface area (Å²) in [6.45, 7) is 4.33. The van der Waals surface area contributed by atoms with E-state index in [1.54, 1.807) is 13.8 Å². The van der Waals surface area contributed by atoms with Gasteiger partial charge in [-0.15, -0.1) is 0 Å². The van der Waals surface area contributed by atoms with E-state index in [0.29, 0.717) is 31.0 Å². The predicted molar refractivity (Wildman–Crippen MR) is 87.0 cm³/mol. The second-order valence-corrected chi connectivity index (χ2v) is 5.61. The van der Waals surface area contributed by atoms with E-state index >= 15 is 0 Å². The molecule has 1 aromatic carbocycles. The highest BCUT2D eigenvalue weighted by atomic mass is 16.3. The first-order chi connectivity index (χ1) is 11.1. The monoisotopic (exact) mass is 317 g/mol. The van der Waals surface area contributed by atoms with Crippen molar-refractivity contribution in [1.29, 1.82) is 0 Å². The minimum atomic E-state index is -0.428. The highest BCUT2D eigenvalue weighted by Crippen LogP contribution is 2.20. The Morgan fingerprint density at radius 3 is 2.65 bits per heavy atom. The van der Waals surface area contributed by atoms with Crippen molar-refractivity contribution in [3.05, 3.63) is 53.7 Å². The second kappa shape index (κ2) is 8.33. The van der Waals surface area contributed by atoms with E-state index in [2.05, 4.69) is 15.6 Å². The van der Waals surface area contributed by atoms with Gasteiger partial charge in [-0.3, -0.25) is 0 Å². The highest BCUT2D eigenvalue weighted by molar-refractivity contribution is 5.73. The lowest BCUT2D eigenvalue weighted by atomic mass is 9.93. The minimum Gasteiger partial charge on any atom is -0.448 e. The van der Waals surface area contributed by atoms with E-state index in [1.165, 1.54) is 6.39 Å². The van der Waals surface area contributed by atoms with Crippen LogP contribution in [0.25, 0.3) is 0 Å². The summed E-state index contributed by atoms with van der Waals surface area (Å²) in [5.74, 6) is 0.761. The van der Waals surface area contributed by atoms with E-state index in [-0.39, 0.29) is 11.9 Å². The van der Waals surface area contributed by atoms with Gasteiger partial charge in [0.15, 0.2) is 6.39 Å². The molecule has 23 heavy (non-hydrogen) atoms. The van der Waals surface area contributed by atoms with Gasteiger partial charge in [-0.1, -0.05) is 30.3 Å². The summed E-state index contributed by atoms with van der Waals surface area (Å²) < 4.78 is 5.09. The van der Waals surface area contributed by atoms with Crippen molar-refractivity contribution in [2.75, 3.05) is 6.54 Å². The Morgan fingerprint density at radius 2 is 2.04 bits per heavy atom. The third-order valence-corrected chi connectivity index (χ3v) is 3.67. The normalized spacial score (nSPS) is 13.3. The van der Waals surface area contributed by atoms with E-state index in [4.69, 9.17) is 4.42 Å². The maximum Gasteiger partial charge on any atom is 0.315 e. The average Bonchev–Trinajstić information content (AvgIpc) is 2.95. The summed E-state index contributed by atoms with van der Waals surface area (Å²) >= 11 is 0. The fraction of sp³-hybridized carbons (Fsp3) is 0.412. The first-order valence-electron chi connectivity index (χ1n) is 7.70. The summed E-state index contributed by atoms with van der Waals surface area (Å²) in [5, 5.41) is 15.3. The molecule has 0 radical (unpaired) electrons. The lowest BCUT2D eigenvalue weighted by molar-refractivity contribution is 0.173. The third kappa shape index (κ3) is 5.41. The molecule has 2 unspecified atom stereocenters. The summed E-state index contributed by atoms with van der Waals surface area (Å²) in [6.07, 6.45) is 1.52. The summed E-state index contributed by atoms with van der Waals surface area (Å²) in [4.78, 5) is 16.0. The molecule has 3 N–H and O–H groups in total. The van der Waals surface area contributed by atoms with Crippen molar-refractivity contribution in [1.82, 2.24) is 15.6 Å². The van der Waals surface area contributed by atoms with Crippen LogP contribution in [0.3, 0.4) is 0 Å². The maximum atomic E-state index is 11.9. The number of amides is 2. The maximum absolute atomic E-state index is 11.9. The molecule has 2 amide bonds. The van der Waals surface area contributed by atoms with Crippen molar-refractivity contribution in [3.8, 4) is 0 Å². The van der Waals surface area contributed by atoms with E-state index < -0.39 is 6.10 Å². The van der Waals surface area contributed by atoms with Crippen LogP contribution in [0.2, 0.25) is 0 Å². The fourth-order valence-corrected chi connectivity index (χ4v) is 2.41. The molecule has 1 aromatic heterocycles. The largest absolute Gasteiger partial charge is 0.448 e. The number of aliphatic hydroxyl groups is 1. The number of hydrogen-bond donors (Lipinski definition) is 3. The number of aryl methyl sites for hydroxylation is 1. The number of benzene rings is 1. The zero-order valence-electron chi connectivity index (χ0n) is 13.5. The molecule has 0 saturated carbocycles. The van der Waals surface area contributed by atoms with Gasteiger partial charge in [0.25, 0.3) is 0 Å². The first-order valence-corrected chi connectivity index (χ1v) is 7.70. The van der Waals surface area contributed by atoms with Crippen LogP contribution in [0, 0.1) is 6.92 Å². The van der Waals surface area contributed by atoms with E-state index in [9.17, 15) is 9.90 Å². The van der Waals surface area contributed by atoms with Crippen molar-refractivity contribution >= 4 is 6.03 Å². The van der Waals surface area contributed by atoms with Crippen molar-refractivity contribution in [2.24, 2.45) is 0 Å².